The summed E-state index contributed by atoms with van der Waals surface area (Å²) in [6, 6.07) is 4.21. The summed E-state index contributed by atoms with van der Waals surface area (Å²) in [4.78, 5) is 4.49. The van der Waals surface area contributed by atoms with Gasteiger partial charge in [-0.05, 0) is 74.4 Å². The molecule has 4 heteroatoms. The fourth-order valence-electron chi connectivity index (χ4n) is 4.57. The number of fused-ring (bicyclic) bond motifs is 1. The molecule has 1 aromatic carbocycles. The minimum absolute atomic E-state index is 0.830. The molecule has 1 aliphatic carbocycles. The monoisotopic (exact) mass is 413 g/mol. The lowest BCUT2D eigenvalue weighted by molar-refractivity contribution is 0.343. The number of hydrogen-bond acceptors (Lipinski definition) is 3. The van der Waals surface area contributed by atoms with Crippen LogP contribution >= 0.6 is 11.6 Å². The van der Waals surface area contributed by atoms with Gasteiger partial charge in [0.2, 0.25) is 0 Å². The number of allylic oxidation sites excluding steroid dienone is 1. The lowest BCUT2D eigenvalue weighted by Gasteiger charge is -2.21. The van der Waals surface area contributed by atoms with Crippen LogP contribution in [0.5, 0.6) is 0 Å². The molecule has 0 unspecified atom stereocenters. The van der Waals surface area contributed by atoms with Crippen LogP contribution < -0.4 is 10.6 Å². The molecule has 1 aliphatic heterocycles. The van der Waals surface area contributed by atoms with Gasteiger partial charge in [0.15, 0.2) is 0 Å². The lowest BCUT2D eigenvalue weighted by atomic mass is 9.85. The van der Waals surface area contributed by atoms with E-state index < -0.39 is 0 Å². The molecular formula is C25H36ClN3. The summed E-state index contributed by atoms with van der Waals surface area (Å²) >= 11 is 6.50. The highest BCUT2D eigenvalue weighted by Crippen LogP contribution is 2.31. The van der Waals surface area contributed by atoms with E-state index in [1.807, 2.05) is 6.07 Å². The first-order chi connectivity index (χ1) is 14.3. The smallest absolute Gasteiger partial charge is 0.0640 e. The highest BCUT2D eigenvalue weighted by Gasteiger charge is 2.15. The number of nitrogens with one attached hydrogen (secondary N) is 2. The number of rotatable bonds is 9. The summed E-state index contributed by atoms with van der Waals surface area (Å²) in [6.45, 7) is 6.73. The van der Waals surface area contributed by atoms with Crippen molar-refractivity contribution in [3.8, 4) is 0 Å². The molecule has 1 saturated carbocycles. The second-order valence-corrected chi connectivity index (χ2v) is 8.68. The lowest BCUT2D eigenvalue weighted by Crippen LogP contribution is -2.16. The first-order valence-electron chi connectivity index (χ1n) is 11.4. The molecule has 3 rings (SSSR count). The molecule has 1 heterocycles. The van der Waals surface area contributed by atoms with Crippen molar-refractivity contribution < 1.29 is 0 Å². The van der Waals surface area contributed by atoms with Crippen molar-refractivity contribution in [3.63, 3.8) is 0 Å². The van der Waals surface area contributed by atoms with Gasteiger partial charge in [-0.15, -0.1) is 0 Å². The average Bonchev–Trinajstić information content (AvgIpc) is 2.99. The van der Waals surface area contributed by atoms with Gasteiger partial charge in [-0.1, -0.05) is 62.4 Å². The van der Waals surface area contributed by atoms with E-state index in [-0.39, 0.29) is 0 Å². The number of hydrogen-bond donors (Lipinski definition) is 2. The second-order valence-electron chi connectivity index (χ2n) is 8.27. The first kappa shape index (κ1) is 22.1. The minimum atomic E-state index is 0.830. The summed E-state index contributed by atoms with van der Waals surface area (Å²) in [5.74, 6) is 0.888. The highest BCUT2D eigenvalue weighted by atomic mass is 35.5. The number of anilines is 1. The Bertz CT molecular complexity index is 717. The van der Waals surface area contributed by atoms with Crippen LogP contribution in [-0.4, -0.2) is 25.3 Å². The maximum atomic E-state index is 6.50. The maximum absolute atomic E-state index is 6.50. The van der Waals surface area contributed by atoms with Crippen LogP contribution in [0.3, 0.4) is 0 Å². The second kappa shape index (κ2) is 12.2. The van der Waals surface area contributed by atoms with Crippen LogP contribution in [0.2, 0.25) is 5.02 Å². The third-order valence-electron chi connectivity index (χ3n) is 6.20. The van der Waals surface area contributed by atoms with Crippen LogP contribution in [0.25, 0.3) is 0 Å². The van der Waals surface area contributed by atoms with Gasteiger partial charge in [0.25, 0.3) is 0 Å². The molecular weight excluding hydrogens is 378 g/mol. The molecule has 0 atom stereocenters. The van der Waals surface area contributed by atoms with Gasteiger partial charge >= 0.3 is 0 Å². The first-order valence-corrected chi connectivity index (χ1v) is 11.7. The summed E-state index contributed by atoms with van der Waals surface area (Å²) in [7, 11) is 0. The summed E-state index contributed by atoms with van der Waals surface area (Å²) in [5.41, 5.74) is 5.08. The molecule has 0 radical (unpaired) electrons. The molecule has 3 nitrogen and oxygen atoms in total. The van der Waals surface area contributed by atoms with E-state index in [2.05, 4.69) is 40.4 Å². The zero-order chi connectivity index (χ0) is 20.3. The van der Waals surface area contributed by atoms with Crippen molar-refractivity contribution in [2.45, 2.75) is 64.2 Å². The van der Waals surface area contributed by atoms with Crippen molar-refractivity contribution in [2.24, 2.45) is 10.9 Å². The minimum Gasteiger partial charge on any atom is -0.383 e. The Hall–Kier alpha value is -1.58. The van der Waals surface area contributed by atoms with E-state index in [1.54, 1.807) is 6.20 Å². The molecule has 158 valence electrons. The van der Waals surface area contributed by atoms with Gasteiger partial charge in [0, 0.05) is 18.5 Å². The van der Waals surface area contributed by atoms with Crippen LogP contribution in [0, 0.1) is 5.92 Å². The SMILES string of the molecule is C=CN=C(/C=C\CCNc1c(Cl)ccc2c1CCNCC2)CCC1CCCCC1. The highest BCUT2D eigenvalue weighted by molar-refractivity contribution is 6.33. The van der Waals surface area contributed by atoms with E-state index in [0.717, 1.165) is 67.7 Å². The Morgan fingerprint density at radius 3 is 2.86 bits per heavy atom. The van der Waals surface area contributed by atoms with Gasteiger partial charge in [0.05, 0.1) is 10.7 Å². The Morgan fingerprint density at radius 2 is 2.03 bits per heavy atom. The molecule has 29 heavy (non-hydrogen) atoms. The standard InChI is InChI=1S/C25H36ClN3/c1-2-28-22(13-11-20-8-4-3-5-9-20)10-6-7-17-29-25-23-16-19-27-18-15-21(23)12-14-24(25)26/h2,6,10,12,14,20,27,29H,1,3-5,7-9,11,13,15-19H2/b10-6-,28-22?. The Kier molecular flexibility index (Phi) is 9.30. The Balaban J connectivity index is 1.49. The maximum Gasteiger partial charge on any atom is 0.0640 e. The largest absolute Gasteiger partial charge is 0.383 e. The molecule has 0 aromatic heterocycles. The average molecular weight is 414 g/mol. The van der Waals surface area contributed by atoms with Crippen molar-refractivity contribution in [1.29, 1.82) is 0 Å². The molecule has 2 N–H and O–H groups in total. The van der Waals surface area contributed by atoms with Gasteiger partial charge in [0.1, 0.15) is 0 Å². The summed E-state index contributed by atoms with van der Waals surface area (Å²) in [5, 5.41) is 7.89. The van der Waals surface area contributed by atoms with E-state index >= 15 is 0 Å². The fraction of sp³-hybridized carbons (Fsp3) is 0.560. The Morgan fingerprint density at radius 1 is 1.21 bits per heavy atom. The number of aliphatic imine (C=N–C) groups is 1. The van der Waals surface area contributed by atoms with Crippen LogP contribution in [-0.2, 0) is 12.8 Å². The third-order valence-corrected chi connectivity index (χ3v) is 6.51. The molecule has 0 bridgehead atoms. The topological polar surface area (TPSA) is 36.4 Å². The van der Waals surface area contributed by atoms with Gasteiger partial charge < -0.3 is 10.6 Å². The number of benzene rings is 1. The molecule has 1 fully saturated rings. The van der Waals surface area contributed by atoms with Crippen LogP contribution in [0.4, 0.5) is 5.69 Å². The number of halogens is 1. The van der Waals surface area contributed by atoms with Crippen molar-refractivity contribution in [3.05, 3.63) is 53.2 Å². The van der Waals surface area contributed by atoms with E-state index in [0.29, 0.717) is 0 Å². The van der Waals surface area contributed by atoms with Gasteiger partial charge in [-0.3, -0.25) is 4.99 Å². The molecule has 0 amide bonds. The van der Waals surface area contributed by atoms with Crippen LogP contribution in [0.15, 0.2) is 42.1 Å². The zero-order valence-electron chi connectivity index (χ0n) is 17.7. The van der Waals surface area contributed by atoms with Gasteiger partial charge in [-0.25, -0.2) is 0 Å². The van der Waals surface area contributed by atoms with E-state index in [4.69, 9.17) is 11.6 Å². The molecule has 2 aliphatic rings. The van der Waals surface area contributed by atoms with E-state index in [1.165, 1.54) is 49.7 Å². The summed E-state index contributed by atoms with van der Waals surface area (Å²) < 4.78 is 0. The van der Waals surface area contributed by atoms with Crippen molar-refractivity contribution >= 4 is 23.0 Å². The van der Waals surface area contributed by atoms with Crippen molar-refractivity contribution in [1.82, 2.24) is 5.32 Å². The van der Waals surface area contributed by atoms with E-state index in [9.17, 15) is 0 Å². The fourth-order valence-corrected chi connectivity index (χ4v) is 4.81. The quantitative estimate of drug-likeness (QED) is 0.366. The predicted molar refractivity (Wildman–Crippen MR) is 127 cm³/mol. The number of nitrogens with zero attached hydrogens (tertiary/aromatic N) is 1. The van der Waals surface area contributed by atoms with Crippen LogP contribution in [0.1, 0.15) is 62.5 Å². The third kappa shape index (κ3) is 7.01. The molecule has 0 saturated heterocycles. The Labute approximate surface area is 181 Å². The normalized spacial score (nSPS) is 18.4. The summed E-state index contributed by atoms with van der Waals surface area (Å²) in [6.07, 6.45) is 18.5. The molecule has 0 spiro atoms. The molecule has 1 aromatic rings. The van der Waals surface area contributed by atoms with Gasteiger partial charge in [-0.2, -0.15) is 0 Å². The predicted octanol–water partition coefficient (Wildman–Crippen LogP) is 6.33. The zero-order valence-corrected chi connectivity index (χ0v) is 18.4. The van der Waals surface area contributed by atoms with Crippen molar-refractivity contribution in [2.75, 3.05) is 25.0 Å².